The SMILES string of the molecule is CCNC(=NCC1CC(=O)Nc2ccccc21)NC1CC1c1c(F)cccc1Cl.I. The van der Waals surface area contributed by atoms with Gasteiger partial charge in [-0.1, -0.05) is 35.9 Å². The number of anilines is 1. The molecule has 1 aliphatic heterocycles. The normalized spacial score (nSPS) is 22.4. The first-order valence-corrected chi connectivity index (χ1v) is 10.3. The Bertz CT molecular complexity index is 934. The first-order valence-electron chi connectivity index (χ1n) is 9.94. The average Bonchev–Trinajstić information content (AvgIpc) is 3.44. The van der Waals surface area contributed by atoms with Gasteiger partial charge >= 0.3 is 0 Å². The van der Waals surface area contributed by atoms with Crippen molar-refractivity contribution >= 4 is 53.1 Å². The number of hydrogen-bond donors (Lipinski definition) is 3. The minimum absolute atomic E-state index is 0. The van der Waals surface area contributed by atoms with Crippen LogP contribution in [0.2, 0.25) is 5.02 Å². The zero-order valence-corrected chi connectivity index (χ0v) is 19.7. The van der Waals surface area contributed by atoms with Crippen LogP contribution in [0, 0.1) is 5.82 Å². The minimum atomic E-state index is -0.265. The lowest BCUT2D eigenvalue weighted by atomic mass is 9.91. The van der Waals surface area contributed by atoms with Gasteiger partial charge in [-0.25, -0.2) is 4.39 Å². The molecule has 0 radical (unpaired) electrons. The van der Waals surface area contributed by atoms with Gasteiger partial charge < -0.3 is 16.0 Å². The Kier molecular flexibility index (Phi) is 7.57. The van der Waals surface area contributed by atoms with Crippen LogP contribution in [0.25, 0.3) is 0 Å². The molecule has 1 amide bonds. The average molecular weight is 543 g/mol. The quantitative estimate of drug-likeness (QED) is 0.293. The summed E-state index contributed by atoms with van der Waals surface area (Å²) in [5.74, 6) is 0.493. The van der Waals surface area contributed by atoms with Gasteiger partial charge in [-0.05, 0) is 37.1 Å². The highest BCUT2D eigenvalue weighted by molar-refractivity contribution is 14.0. The molecule has 4 rings (SSSR count). The molecule has 0 spiro atoms. The van der Waals surface area contributed by atoms with Gasteiger partial charge in [-0.2, -0.15) is 0 Å². The maximum Gasteiger partial charge on any atom is 0.225 e. The van der Waals surface area contributed by atoms with Gasteiger partial charge in [0.05, 0.1) is 6.54 Å². The molecule has 1 heterocycles. The molecule has 2 aliphatic rings. The maximum atomic E-state index is 14.2. The topological polar surface area (TPSA) is 65.5 Å². The molecule has 1 saturated carbocycles. The number of fused-ring (bicyclic) bond motifs is 1. The van der Waals surface area contributed by atoms with Gasteiger partial charge in [0, 0.05) is 47.1 Å². The Morgan fingerprint density at radius 3 is 2.83 bits per heavy atom. The van der Waals surface area contributed by atoms with Crippen LogP contribution < -0.4 is 16.0 Å². The molecule has 8 heteroatoms. The highest BCUT2D eigenvalue weighted by Crippen LogP contribution is 2.44. The lowest BCUT2D eigenvalue weighted by molar-refractivity contribution is -0.116. The Morgan fingerprint density at radius 2 is 2.07 bits per heavy atom. The predicted molar refractivity (Wildman–Crippen MR) is 130 cm³/mol. The molecule has 0 saturated heterocycles. The van der Waals surface area contributed by atoms with Gasteiger partial charge in [0.25, 0.3) is 0 Å². The number of halogens is 3. The molecular weight excluding hydrogens is 518 g/mol. The lowest BCUT2D eigenvalue weighted by Gasteiger charge is -2.24. The number of hydrogen-bond acceptors (Lipinski definition) is 2. The van der Waals surface area contributed by atoms with Crippen molar-refractivity contribution in [2.24, 2.45) is 4.99 Å². The highest BCUT2D eigenvalue weighted by Gasteiger charge is 2.42. The van der Waals surface area contributed by atoms with Crippen molar-refractivity contribution in [1.82, 2.24) is 10.6 Å². The molecule has 1 fully saturated rings. The summed E-state index contributed by atoms with van der Waals surface area (Å²) in [6.45, 7) is 3.21. The molecule has 0 aromatic heterocycles. The van der Waals surface area contributed by atoms with Crippen molar-refractivity contribution in [2.45, 2.75) is 37.6 Å². The Labute approximate surface area is 197 Å². The minimum Gasteiger partial charge on any atom is -0.357 e. The fraction of sp³-hybridized carbons (Fsp3) is 0.364. The molecule has 3 unspecified atom stereocenters. The number of aliphatic imine (C=N–C) groups is 1. The third-order valence-electron chi connectivity index (χ3n) is 5.40. The summed E-state index contributed by atoms with van der Waals surface area (Å²) in [4.78, 5) is 16.7. The van der Waals surface area contributed by atoms with Crippen LogP contribution >= 0.6 is 35.6 Å². The molecule has 0 bridgehead atoms. The van der Waals surface area contributed by atoms with Crippen LogP contribution in [0.1, 0.15) is 42.7 Å². The van der Waals surface area contributed by atoms with E-state index in [4.69, 9.17) is 16.6 Å². The van der Waals surface area contributed by atoms with E-state index in [9.17, 15) is 9.18 Å². The molecule has 3 N–H and O–H groups in total. The first kappa shape index (κ1) is 22.8. The van der Waals surface area contributed by atoms with Crippen LogP contribution in [0.15, 0.2) is 47.5 Å². The van der Waals surface area contributed by atoms with Gasteiger partial charge in [0.1, 0.15) is 5.82 Å². The van der Waals surface area contributed by atoms with E-state index in [0.717, 1.165) is 17.7 Å². The molecule has 1 aliphatic carbocycles. The Balaban J connectivity index is 0.00000256. The van der Waals surface area contributed by atoms with Crippen LogP contribution in [0.5, 0.6) is 0 Å². The van der Waals surface area contributed by atoms with Gasteiger partial charge in [0.15, 0.2) is 5.96 Å². The van der Waals surface area contributed by atoms with Crippen molar-refractivity contribution in [3.05, 3.63) is 64.4 Å². The van der Waals surface area contributed by atoms with Crippen LogP contribution in [-0.4, -0.2) is 31.0 Å². The third-order valence-corrected chi connectivity index (χ3v) is 5.73. The number of guanidine groups is 1. The first-order chi connectivity index (χ1) is 14.1. The number of nitrogens with one attached hydrogen (secondary N) is 3. The molecule has 2 aromatic carbocycles. The summed E-state index contributed by atoms with van der Waals surface area (Å²) in [6.07, 6.45) is 1.22. The zero-order valence-electron chi connectivity index (χ0n) is 16.6. The summed E-state index contributed by atoms with van der Waals surface area (Å²) < 4.78 is 14.2. The van der Waals surface area contributed by atoms with Gasteiger partial charge in [-0.3, -0.25) is 9.79 Å². The molecule has 5 nitrogen and oxygen atoms in total. The van der Waals surface area contributed by atoms with E-state index in [1.54, 1.807) is 12.1 Å². The lowest BCUT2D eigenvalue weighted by Crippen LogP contribution is -2.39. The fourth-order valence-electron chi connectivity index (χ4n) is 3.90. The van der Waals surface area contributed by atoms with Crippen LogP contribution in [0.4, 0.5) is 10.1 Å². The predicted octanol–water partition coefficient (Wildman–Crippen LogP) is 4.63. The molecule has 3 atom stereocenters. The third kappa shape index (κ3) is 5.06. The number of carbonyl (C=O) groups excluding carboxylic acids is 1. The van der Waals surface area contributed by atoms with Crippen molar-refractivity contribution in [1.29, 1.82) is 0 Å². The summed E-state index contributed by atoms with van der Waals surface area (Å²) >= 11 is 6.20. The molecule has 2 aromatic rings. The summed E-state index contributed by atoms with van der Waals surface area (Å²) in [5.41, 5.74) is 2.54. The van der Waals surface area contributed by atoms with E-state index in [-0.39, 0.29) is 53.6 Å². The van der Waals surface area contributed by atoms with E-state index in [0.29, 0.717) is 36.1 Å². The summed E-state index contributed by atoms with van der Waals surface area (Å²) in [6, 6.07) is 12.7. The van der Waals surface area contributed by atoms with Crippen molar-refractivity contribution in [3.8, 4) is 0 Å². The molecule has 30 heavy (non-hydrogen) atoms. The number of amides is 1. The Morgan fingerprint density at radius 1 is 1.27 bits per heavy atom. The standard InChI is InChI=1S/C22H24ClFN4O.HI/c1-2-25-22(28-19-11-15(19)21-16(23)7-5-8-17(21)24)26-12-13-10-20(29)27-18-9-4-3-6-14(13)18;/h3-9,13,15,19H,2,10-12H2,1H3,(H,27,29)(H2,25,26,28);1H. The van der Waals surface area contributed by atoms with E-state index in [1.807, 2.05) is 31.2 Å². The van der Waals surface area contributed by atoms with Crippen molar-refractivity contribution in [3.63, 3.8) is 0 Å². The second-order valence-electron chi connectivity index (χ2n) is 7.48. The number of para-hydroxylation sites is 1. The van der Waals surface area contributed by atoms with Crippen LogP contribution in [-0.2, 0) is 4.79 Å². The number of carbonyl (C=O) groups is 1. The number of benzene rings is 2. The van der Waals surface area contributed by atoms with Crippen molar-refractivity contribution in [2.75, 3.05) is 18.4 Å². The largest absolute Gasteiger partial charge is 0.357 e. The van der Waals surface area contributed by atoms with E-state index >= 15 is 0 Å². The van der Waals surface area contributed by atoms with Crippen LogP contribution in [0.3, 0.4) is 0 Å². The monoisotopic (exact) mass is 542 g/mol. The number of rotatable bonds is 5. The van der Waals surface area contributed by atoms with Crippen molar-refractivity contribution < 1.29 is 9.18 Å². The Hall–Kier alpha value is -1.87. The second-order valence-corrected chi connectivity index (χ2v) is 7.89. The second kappa shape index (κ2) is 9.96. The zero-order chi connectivity index (χ0) is 20.4. The maximum absolute atomic E-state index is 14.2. The fourth-order valence-corrected chi connectivity index (χ4v) is 4.20. The molecular formula is C22H25ClFIN4O. The highest BCUT2D eigenvalue weighted by atomic mass is 127. The summed E-state index contributed by atoms with van der Waals surface area (Å²) in [7, 11) is 0. The van der Waals surface area contributed by atoms with E-state index in [2.05, 4.69) is 16.0 Å². The number of nitrogens with zero attached hydrogens (tertiary/aromatic N) is 1. The van der Waals surface area contributed by atoms with Gasteiger partial charge in [-0.15, -0.1) is 24.0 Å². The van der Waals surface area contributed by atoms with E-state index < -0.39 is 0 Å². The smallest absolute Gasteiger partial charge is 0.225 e. The molecule has 160 valence electrons. The van der Waals surface area contributed by atoms with E-state index in [1.165, 1.54) is 6.07 Å². The van der Waals surface area contributed by atoms with Gasteiger partial charge in [0.2, 0.25) is 5.91 Å². The summed E-state index contributed by atoms with van der Waals surface area (Å²) in [5, 5.41) is 10.0.